The highest BCUT2D eigenvalue weighted by molar-refractivity contribution is 6.03. The molecule has 0 spiro atoms. The van der Waals surface area contributed by atoms with Crippen LogP contribution in [0.4, 0.5) is 10.5 Å². The van der Waals surface area contributed by atoms with Crippen LogP contribution in [-0.4, -0.2) is 71.6 Å². The second-order valence-electron chi connectivity index (χ2n) is 13.5. The predicted molar refractivity (Wildman–Crippen MR) is 183 cm³/mol. The predicted octanol–water partition coefficient (Wildman–Crippen LogP) is 2.99. The topological polar surface area (TPSA) is 206 Å². The van der Waals surface area contributed by atoms with E-state index in [-0.39, 0.29) is 79.8 Å². The van der Waals surface area contributed by atoms with Crippen molar-refractivity contribution in [2.75, 3.05) is 18.4 Å². The van der Waals surface area contributed by atoms with Gasteiger partial charge in [-0.15, -0.1) is 0 Å². The van der Waals surface area contributed by atoms with Crippen LogP contribution >= 0.6 is 0 Å². The SMILES string of the molecule is CC(C)C(=O)OCc1ccc(NC(=O)[C@H](CCCNC(N)=O)NC(=O)[C@@H](NC(=O)CCCCCN2C(=O)C[C@@H](C(C)C)C2=O)C(C)C)cc1. The number of amides is 7. The number of unbranched alkanes of at least 4 members (excludes halogenated alkanes) is 2. The first-order valence-electron chi connectivity index (χ1n) is 17.1. The van der Waals surface area contributed by atoms with Crippen LogP contribution in [0.1, 0.15) is 92.1 Å². The van der Waals surface area contributed by atoms with Gasteiger partial charge in [0.1, 0.15) is 18.7 Å². The number of anilines is 1. The number of imide groups is 1. The number of nitrogens with one attached hydrogen (secondary N) is 4. The summed E-state index contributed by atoms with van der Waals surface area (Å²) in [6.07, 6.45) is 2.64. The molecule has 1 saturated heterocycles. The zero-order chi connectivity index (χ0) is 36.7. The van der Waals surface area contributed by atoms with Crippen LogP contribution in [0.3, 0.4) is 0 Å². The number of benzene rings is 1. The number of carbonyl (C=O) groups excluding carboxylic acids is 7. The van der Waals surface area contributed by atoms with Gasteiger partial charge >= 0.3 is 12.0 Å². The first-order chi connectivity index (χ1) is 23.1. The summed E-state index contributed by atoms with van der Waals surface area (Å²) >= 11 is 0. The number of hydrogen-bond donors (Lipinski definition) is 5. The summed E-state index contributed by atoms with van der Waals surface area (Å²) in [6.45, 7) is 11.5. The second-order valence-corrected chi connectivity index (χ2v) is 13.5. The zero-order valence-corrected chi connectivity index (χ0v) is 29.6. The molecule has 2 rings (SSSR count). The molecule has 1 aliphatic rings. The van der Waals surface area contributed by atoms with Gasteiger partial charge in [-0.3, -0.25) is 33.7 Å². The monoisotopic (exact) mass is 686 g/mol. The molecule has 272 valence electrons. The third kappa shape index (κ3) is 13.9. The molecule has 0 saturated carbocycles. The molecule has 1 aliphatic heterocycles. The average Bonchev–Trinajstić information content (AvgIpc) is 3.32. The Morgan fingerprint density at radius 2 is 1.57 bits per heavy atom. The van der Waals surface area contributed by atoms with Crippen molar-refractivity contribution in [2.24, 2.45) is 29.4 Å². The first-order valence-corrected chi connectivity index (χ1v) is 17.1. The minimum atomic E-state index is -0.988. The molecule has 0 radical (unpaired) electrons. The lowest BCUT2D eigenvalue weighted by Crippen LogP contribution is -2.54. The van der Waals surface area contributed by atoms with E-state index >= 15 is 0 Å². The van der Waals surface area contributed by atoms with Crippen LogP contribution in [0.5, 0.6) is 0 Å². The average molecular weight is 687 g/mol. The van der Waals surface area contributed by atoms with E-state index in [0.717, 1.165) is 5.56 Å². The van der Waals surface area contributed by atoms with Gasteiger partial charge in [0, 0.05) is 37.5 Å². The third-order valence-corrected chi connectivity index (χ3v) is 8.31. The van der Waals surface area contributed by atoms with Crippen molar-refractivity contribution in [1.82, 2.24) is 20.9 Å². The van der Waals surface area contributed by atoms with Gasteiger partial charge in [-0.2, -0.15) is 0 Å². The minimum absolute atomic E-state index is 0.0958. The zero-order valence-electron chi connectivity index (χ0n) is 29.6. The highest BCUT2D eigenvalue weighted by Gasteiger charge is 2.39. The van der Waals surface area contributed by atoms with Crippen molar-refractivity contribution in [1.29, 1.82) is 0 Å². The lowest BCUT2D eigenvalue weighted by molar-refractivity contribution is -0.148. The summed E-state index contributed by atoms with van der Waals surface area (Å²) in [6, 6.07) is 4.14. The number of primary amides is 1. The molecule has 0 bridgehead atoms. The number of rotatable bonds is 20. The summed E-state index contributed by atoms with van der Waals surface area (Å²) in [5.41, 5.74) is 6.35. The Morgan fingerprint density at radius 1 is 0.898 bits per heavy atom. The lowest BCUT2D eigenvalue weighted by Gasteiger charge is -2.25. The van der Waals surface area contributed by atoms with E-state index in [4.69, 9.17) is 10.5 Å². The fourth-order valence-electron chi connectivity index (χ4n) is 5.26. The molecule has 14 nitrogen and oxygen atoms in total. The number of hydrogen-bond acceptors (Lipinski definition) is 8. The van der Waals surface area contributed by atoms with E-state index in [1.54, 1.807) is 52.0 Å². The van der Waals surface area contributed by atoms with Crippen LogP contribution in [0.15, 0.2) is 24.3 Å². The van der Waals surface area contributed by atoms with Crippen molar-refractivity contribution >= 4 is 47.2 Å². The molecule has 49 heavy (non-hydrogen) atoms. The smallest absolute Gasteiger partial charge is 0.312 e. The molecule has 6 N–H and O–H groups in total. The Morgan fingerprint density at radius 3 is 2.14 bits per heavy atom. The molecule has 7 amide bonds. The van der Waals surface area contributed by atoms with Crippen molar-refractivity contribution in [3.8, 4) is 0 Å². The Hall–Kier alpha value is -4.49. The number of nitrogens with zero attached hydrogens (tertiary/aromatic N) is 1. The van der Waals surface area contributed by atoms with Crippen LogP contribution in [0.2, 0.25) is 0 Å². The molecular weight excluding hydrogens is 632 g/mol. The Labute approximate surface area is 289 Å². The Balaban J connectivity index is 1.94. The van der Waals surface area contributed by atoms with Crippen molar-refractivity contribution in [2.45, 2.75) is 105 Å². The number of likely N-dealkylation sites (tertiary alicyclic amines) is 1. The van der Waals surface area contributed by atoms with Gasteiger partial charge in [-0.05, 0) is 55.2 Å². The van der Waals surface area contributed by atoms with E-state index in [1.165, 1.54) is 4.90 Å². The molecule has 3 atom stereocenters. The van der Waals surface area contributed by atoms with E-state index < -0.39 is 29.9 Å². The van der Waals surface area contributed by atoms with Crippen LogP contribution in [-0.2, 0) is 40.1 Å². The Kier molecular flexibility index (Phi) is 16.7. The number of urea groups is 1. The standard InChI is InChI=1S/C35H54N6O8/c1-21(2)26-19-29(43)41(33(26)46)18-9-7-8-12-28(42)40-30(22(3)4)32(45)39-27(11-10-17-37-35(36)48)31(44)38-25-15-13-24(14-16-25)20-49-34(47)23(5)6/h13-16,21-23,26-27,30H,7-12,17-20H2,1-6H3,(H,38,44)(H,39,45)(H,40,42)(H3,36,37,48)/t26-,27-,30-/m0/s1. The highest BCUT2D eigenvalue weighted by Crippen LogP contribution is 2.26. The fraction of sp³-hybridized carbons (Fsp3) is 0.629. The number of nitrogens with two attached hydrogens (primary N) is 1. The van der Waals surface area contributed by atoms with Gasteiger partial charge in [0.05, 0.1) is 5.92 Å². The summed E-state index contributed by atoms with van der Waals surface area (Å²) in [7, 11) is 0. The van der Waals surface area contributed by atoms with Gasteiger partial charge in [-0.1, -0.05) is 60.1 Å². The second kappa shape index (κ2) is 20.1. The van der Waals surface area contributed by atoms with E-state index in [9.17, 15) is 33.6 Å². The number of carbonyl (C=O) groups is 7. The van der Waals surface area contributed by atoms with Crippen molar-refractivity contribution in [3.05, 3.63) is 29.8 Å². The van der Waals surface area contributed by atoms with Gasteiger partial charge in [0.2, 0.25) is 29.5 Å². The van der Waals surface area contributed by atoms with Crippen LogP contribution in [0.25, 0.3) is 0 Å². The molecule has 1 aromatic carbocycles. The molecular formula is C35H54N6O8. The summed E-state index contributed by atoms with van der Waals surface area (Å²) in [4.78, 5) is 88.5. The maximum atomic E-state index is 13.4. The molecule has 1 aromatic rings. The van der Waals surface area contributed by atoms with Crippen LogP contribution in [0, 0.1) is 23.7 Å². The molecule has 0 aliphatic carbocycles. The summed E-state index contributed by atoms with van der Waals surface area (Å²) in [5.74, 6) is -2.64. The molecule has 0 unspecified atom stereocenters. The number of esters is 1. The van der Waals surface area contributed by atoms with Crippen LogP contribution < -0.4 is 27.0 Å². The maximum absolute atomic E-state index is 13.4. The van der Waals surface area contributed by atoms with E-state index in [0.29, 0.717) is 37.9 Å². The number of ether oxygens (including phenoxy) is 1. The van der Waals surface area contributed by atoms with E-state index in [1.807, 2.05) is 13.8 Å². The normalized spacial score (nSPS) is 15.7. The Bertz CT molecular complexity index is 1310. The van der Waals surface area contributed by atoms with Crippen molar-refractivity contribution < 1.29 is 38.3 Å². The highest BCUT2D eigenvalue weighted by atomic mass is 16.5. The maximum Gasteiger partial charge on any atom is 0.312 e. The molecule has 1 fully saturated rings. The molecule has 0 aromatic heterocycles. The van der Waals surface area contributed by atoms with Crippen molar-refractivity contribution in [3.63, 3.8) is 0 Å². The summed E-state index contributed by atoms with van der Waals surface area (Å²) < 4.78 is 5.23. The lowest BCUT2D eigenvalue weighted by atomic mass is 9.94. The van der Waals surface area contributed by atoms with Gasteiger partial charge in [-0.25, -0.2) is 4.79 Å². The quantitative estimate of drug-likeness (QED) is 0.0781. The first kappa shape index (κ1) is 40.7. The van der Waals surface area contributed by atoms with E-state index in [2.05, 4.69) is 21.3 Å². The van der Waals surface area contributed by atoms with Gasteiger partial charge in [0.15, 0.2) is 0 Å². The minimum Gasteiger partial charge on any atom is -0.461 e. The van der Waals surface area contributed by atoms with Gasteiger partial charge in [0.25, 0.3) is 0 Å². The fourth-order valence-corrected chi connectivity index (χ4v) is 5.26. The molecule has 1 heterocycles. The third-order valence-electron chi connectivity index (χ3n) is 8.31. The summed E-state index contributed by atoms with van der Waals surface area (Å²) in [5, 5.41) is 10.8. The molecule has 14 heteroatoms. The largest absolute Gasteiger partial charge is 0.461 e. The van der Waals surface area contributed by atoms with Gasteiger partial charge < -0.3 is 31.7 Å².